The van der Waals surface area contributed by atoms with Crippen LogP contribution in [0.2, 0.25) is 0 Å². The number of anilines is 1. The Kier molecular flexibility index (Phi) is 6.89. The molecule has 0 bridgehead atoms. The number of rotatable bonds is 8. The number of benzene rings is 1. The summed E-state index contributed by atoms with van der Waals surface area (Å²) in [5, 5.41) is 7.43. The summed E-state index contributed by atoms with van der Waals surface area (Å²) in [5.74, 6) is -0.839. The third-order valence-corrected chi connectivity index (χ3v) is 4.15. The van der Waals surface area contributed by atoms with Crippen LogP contribution in [0.5, 0.6) is 0 Å². The number of likely N-dealkylation sites (N-methyl/N-ethyl adjacent to an activating group) is 1. The predicted molar refractivity (Wildman–Crippen MR) is 93.6 cm³/mol. The first-order valence-corrected chi connectivity index (χ1v) is 8.44. The Balaban J connectivity index is 1.66. The molecule has 1 aromatic carbocycles. The van der Waals surface area contributed by atoms with Crippen molar-refractivity contribution in [3.8, 4) is 0 Å². The van der Waals surface area contributed by atoms with E-state index < -0.39 is 5.82 Å². The molecule has 1 heterocycles. The number of carbonyl (C=O) groups excluding carboxylic acids is 2. The normalized spacial score (nSPS) is 10.6. The van der Waals surface area contributed by atoms with E-state index in [1.165, 1.54) is 23.1 Å². The maximum absolute atomic E-state index is 13.1. The van der Waals surface area contributed by atoms with Gasteiger partial charge in [0.25, 0.3) is 0 Å². The van der Waals surface area contributed by atoms with E-state index in [4.69, 9.17) is 0 Å². The zero-order valence-electron chi connectivity index (χ0n) is 13.4. The predicted octanol–water partition coefficient (Wildman–Crippen LogP) is 2.12. The molecule has 0 saturated carbocycles. The van der Waals surface area contributed by atoms with Gasteiger partial charge < -0.3 is 10.6 Å². The second-order valence-corrected chi connectivity index (χ2v) is 6.44. The van der Waals surface area contributed by atoms with Crippen molar-refractivity contribution < 1.29 is 14.0 Å². The fourth-order valence-electron chi connectivity index (χ4n) is 2.15. The molecule has 0 saturated heterocycles. The molecule has 1 aromatic heterocycles. The molecule has 2 aromatic rings. The van der Waals surface area contributed by atoms with Crippen molar-refractivity contribution in [2.75, 3.05) is 32.0 Å². The minimum Gasteiger partial charge on any atom is -0.355 e. The van der Waals surface area contributed by atoms with Crippen molar-refractivity contribution in [2.24, 2.45) is 0 Å². The molecule has 0 unspecified atom stereocenters. The molecule has 0 spiro atoms. The molecule has 0 fully saturated rings. The minimum absolute atomic E-state index is 0.0505. The van der Waals surface area contributed by atoms with Gasteiger partial charge in [0.15, 0.2) is 0 Å². The van der Waals surface area contributed by atoms with Crippen molar-refractivity contribution >= 4 is 28.8 Å². The van der Waals surface area contributed by atoms with Gasteiger partial charge in [0.1, 0.15) is 5.82 Å². The molecule has 0 atom stereocenters. The minimum atomic E-state index is -0.411. The summed E-state index contributed by atoms with van der Waals surface area (Å²) >= 11 is 1.66. The lowest BCUT2D eigenvalue weighted by Gasteiger charge is -2.16. The lowest BCUT2D eigenvalue weighted by Crippen LogP contribution is -2.39. The fourth-order valence-corrected chi connectivity index (χ4v) is 2.86. The average Bonchev–Trinajstić information content (AvgIpc) is 3.00. The van der Waals surface area contributed by atoms with Crippen molar-refractivity contribution in [2.45, 2.75) is 6.42 Å². The number of thiophene rings is 1. The molecular weight excluding hydrogens is 329 g/mol. The summed E-state index contributed by atoms with van der Waals surface area (Å²) < 4.78 is 13.1. The molecule has 5 nitrogen and oxygen atoms in total. The highest BCUT2D eigenvalue weighted by atomic mass is 32.1. The highest BCUT2D eigenvalue weighted by Gasteiger charge is 2.11. The fraction of sp³-hybridized carbons (Fsp3) is 0.294. The SMILES string of the molecule is CN(CC(=O)NCCc1cccs1)CC(=O)Nc1cccc(F)c1. The number of hydrogen-bond donors (Lipinski definition) is 2. The van der Waals surface area contributed by atoms with E-state index >= 15 is 0 Å². The summed E-state index contributed by atoms with van der Waals surface area (Å²) in [7, 11) is 1.68. The lowest BCUT2D eigenvalue weighted by molar-refractivity contribution is -0.122. The van der Waals surface area contributed by atoms with Crippen LogP contribution in [0.4, 0.5) is 10.1 Å². The van der Waals surface area contributed by atoms with E-state index in [1.54, 1.807) is 29.4 Å². The first-order valence-electron chi connectivity index (χ1n) is 7.56. The average molecular weight is 349 g/mol. The summed E-state index contributed by atoms with van der Waals surface area (Å²) in [5.41, 5.74) is 0.397. The number of halogens is 1. The maximum atomic E-state index is 13.1. The molecule has 0 radical (unpaired) electrons. The zero-order chi connectivity index (χ0) is 17.4. The van der Waals surface area contributed by atoms with Crippen LogP contribution < -0.4 is 10.6 Å². The van der Waals surface area contributed by atoms with E-state index in [0.29, 0.717) is 12.2 Å². The third kappa shape index (κ3) is 6.47. The van der Waals surface area contributed by atoms with Gasteiger partial charge in [0, 0.05) is 17.1 Å². The molecule has 2 rings (SSSR count). The van der Waals surface area contributed by atoms with E-state index in [-0.39, 0.29) is 24.9 Å². The Morgan fingerprint density at radius 3 is 2.67 bits per heavy atom. The van der Waals surface area contributed by atoms with Gasteiger partial charge in [-0.05, 0) is 43.1 Å². The first-order chi connectivity index (χ1) is 11.5. The molecule has 7 heteroatoms. The summed E-state index contributed by atoms with van der Waals surface area (Å²) in [6.07, 6.45) is 0.799. The van der Waals surface area contributed by atoms with E-state index in [9.17, 15) is 14.0 Å². The standard InChI is InChI=1S/C17H20FN3O2S/c1-21(11-16(22)19-8-7-15-6-3-9-24-15)12-17(23)20-14-5-2-4-13(18)10-14/h2-6,9-10H,7-8,11-12H2,1H3,(H,19,22)(H,20,23). The van der Waals surface area contributed by atoms with Crippen molar-refractivity contribution in [3.63, 3.8) is 0 Å². The number of carbonyl (C=O) groups is 2. The van der Waals surface area contributed by atoms with Crippen LogP contribution in [0.3, 0.4) is 0 Å². The zero-order valence-corrected chi connectivity index (χ0v) is 14.2. The van der Waals surface area contributed by atoms with Crippen molar-refractivity contribution in [1.82, 2.24) is 10.2 Å². The van der Waals surface area contributed by atoms with Crippen LogP contribution in [0, 0.1) is 5.82 Å². The van der Waals surface area contributed by atoms with Crippen molar-refractivity contribution in [1.29, 1.82) is 0 Å². The highest BCUT2D eigenvalue weighted by molar-refractivity contribution is 7.09. The highest BCUT2D eigenvalue weighted by Crippen LogP contribution is 2.09. The monoisotopic (exact) mass is 349 g/mol. The Hall–Kier alpha value is -2.25. The first kappa shape index (κ1) is 18.1. The number of amides is 2. The van der Waals surface area contributed by atoms with Crippen LogP contribution in [0.25, 0.3) is 0 Å². The van der Waals surface area contributed by atoms with E-state index in [1.807, 2.05) is 17.5 Å². The van der Waals surface area contributed by atoms with Gasteiger partial charge in [-0.2, -0.15) is 0 Å². The Bertz CT molecular complexity index is 676. The van der Waals surface area contributed by atoms with Gasteiger partial charge in [-0.3, -0.25) is 14.5 Å². The summed E-state index contributed by atoms with van der Waals surface area (Å²) in [6, 6.07) is 9.69. The number of hydrogen-bond acceptors (Lipinski definition) is 4. The number of nitrogens with one attached hydrogen (secondary N) is 2. The quantitative estimate of drug-likeness (QED) is 0.767. The summed E-state index contributed by atoms with van der Waals surface area (Å²) in [6.45, 7) is 0.749. The van der Waals surface area contributed by atoms with Gasteiger partial charge in [-0.25, -0.2) is 4.39 Å². The smallest absolute Gasteiger partial charge is 0.238 e. The third-order valence-electron chi connectivity index (χ3n) is 3.21. The maximum Gasteiger partial charge on any atom is 0.238 e. The molecule has 2 N–H and O–H groups in total. The Morgan fingerprint density at radius 1 is 1.17 bits per heavy atom. The van der Waals surface area contributed by atoms with Gasteiger partial charge >= 0.3 is 0 Å². The second-order valence-electron chi connectivity index (χ2n) is 5.41. The topological polar surface area (TPSA) is 61.4 Å². The van der Waals surface area contributed by atoms with E-state index in [2.05, 4.69) is 10.6 Å². The van der Waals surface area contributed by atoms with Gasteiger partial charge in [-0.1, -0.05) is 12.1 Å². The van der Waals surface area contributed by atoms with Gasteiger partial charge in [-0.15, -0.1) is 11.3 Å². The van der Waals surface area contributed by atoms with Crippen LogP contribution >= 0.6 is 11.3 Å². The van der Waals surface area contributed by atoms with Crippen LogP contribution in [-0.4, -0.2) is 43.4 Å². The Morgan fingerprint density at radius 2 is 1.96 bits per heavy atom. The van der Waals surface area contributed by atoms with Gasteiger partial charge in [0.05, 0.1) is 13.1 Å². The van der Waals surface area contributed by atoms with Crippen LogP contribution in [0.15, 0.2) is 41.8 Å². The molecule has 24 heavy (non-hydrogen) atoms. The van der Waals surface area contributed by atoms with Crippen LogP contribution in [0.1, 0.15) is 4.88 Å². The lowest BCUT2D eigenvalue weighted by atomic mass is 10.3. The molecule has 128 valence electrons. The molecule has 2 amide bonds. The largest absolute Gasteiger partial charge is 0.355 e. The van der Waals surface area contributed by atoms with Crippen LogP contribution in [-0.2, 0) is 16.0 Å². The van der Waals surface area contributed by atoms with Crippen molar-refractivity contribution in [3.05, 3.63) is 52.5 Å². The summed E-state index contributed by atoms with van der Waals surface area (Å²) in [4.78, 5) is 26.5. The molecule has 0 aliphatic heterocycles. The second kappa shape index (κ2) is 9.14. The molecule has 0 aliphatic rings. The molecule has 0 aliphatic carbocycles. The number of nitrogens with zero attached hydrogens (tertiary/aromatic N) is 1. The molecular formula is C17H20FN3O2S. The van der Waals surface area contributed by atoms with Gasteiger partial charge in [0.2, 0.25) is 11.8 Å². The van der Waals surface area contributed by atoms with E-state index in [0.717, 1.165) is 6.42 Å². The Labute approximate surface area is 144 Å².